The number of piperidine rings is 1. The fourth-order valence-electron chi connectivity index (χ4n) is 2.09. The maximum Gasteiger partial charge on any atom is 0.393 e. The number of nitrogens with two attached hydrogens (primary N) is 1. The molecule has 0 aromatic carbocycles. The number of rotatable bonds is 4. The first-order valence-electron chi connectivity index (χ1n) is 5.47. The second-order valence-electron chi connectivity index (χ2n) is 4.36. The van der Waals surface area contributed by atoms with Crippen LogP contribution >= 0.6 is 0 Å². The second kappa shape index (κ2) is 5.84. The van der Waals surface area contributed by atoms with Gasteiger partial charge in [-0.3, -0.25) is 0 Å². The van der Waals surface area contributed by atoms with Crippen LogP contribution in [0.1, 0.15) is 12.8 Å². The van der Waals surface area contributed by atoms with Crippen molar-refractivity contribution in [2.45, 2.75) is 25.1 Å². The van der Waals surface area contributed by atoms with Crippen molar-refractivity contribution in [3.8, 4) is 0 Å². The molecule has 2 atom stereocenters. The Hall–Kier alpha value is -0.330. The van der Waals surface area contributed by atoms with Gasteiger partial charge in [0, 0.05) is 26.2 Å². The molecule has 0 aromatic rings. The highest BCUT2D eigenvalue weighted by molar-refractivity contribution is 4.80. The molecule has 1 aliphatic rings. The zero-order chi connectivity index (χ0) is 12.2. The van der Waals surface area contributed by atoms with Crippen molar-refractivity contribution in [2.75, 3.05) is 33.4 Å². The van der Waals surface area contributed by atoms with Crippen LogP contribution in [-0.4, -0.2) is 50.5 Å². The van der Waals surface area contributed by atoms with E-state index in [0.717, 1.165) is 0 Å². The van der Waals surface area contributed by atoms with E-state index in [2.05, 4.69) is 0 Å². The van der Waals surface area contributed by atoms with Crippen LogP contribution in [0.2, 0.25) is 0 Å². The minimum atomic E-state index is -4.08. The van der Waals surface area contributed by atoms with Gasteiger partial charge in [0.05, 0.1) is 12.5 Å². The lowest BCUT2D eigenvalue weighted by Crippen LogP contribution is -2.47. The summed E-state index contributed by atoms with van der Waals surface area (Å²) in [6, 6.07) is -0.211. The van der Waals surface area contributed by atoms with E-state index in [1.54, 1.807) is 4.90 Å². The van der Waals surface area contributed by atoms with E-state index in [1.807, 2.05) is 0 Å². The maximum atomic E-state index is 12.5. The van der Waals surface area contributed by atoms with E-state index in [0.29, 0.717) is 26.1 Å². The third kappa shape index (κ3) is 4.27. The average Bonchev–Trinajstić information content (AvgIpc) is 2.17. The van der Waals surface area contributed by atoms with Crippen LogP contribution in [0.25, 0.3) is 0 Å². The van der Waals surface area contributed by atoms with E-state index in [1.165, 1.54) is 7.11 Å². The first-order valence-corrected chi connectivity index (χ1v) is 5.47. The summed E-state index contributed by atoms with van der Waals surface area (Å²) in [6.45, 7) is 1.62. The molecular weight excluding hydrogens is 221 g/mol. The van der Waals surface area contributed by atoms with Crippen LogP contribution in [-0.2, 0) is 4.74 Å². The SMILES string of the molecule is COCC(N)CN1CCCC(C(F)(F)F)C1. The van der Waals surface area contributed by atoms with E-state index in [-0.39, 0.29) is 19.0 Å². The molecule has 0 bridgehead atoms. The topological polar surface area (TPSA) is 38.5 Å². The minimum Gasteiger partial charge on any atom is -0.383 e. The smallest absolute Gasteiger partial charge is 0.383 e. The third-order valence-corrected chi connectivity index (χ3v) is 2.84. The number of likely N-dealkylation sites (tertiary alicyclic amines) is 1. The highest BCUT2D eigenvalue weighted by Crippen LogP contribution is 2.32. The molecule has 1 fully saturated rings. The van der Waals surface area contributed by atoms with Gasteiger partial charge >= 0.3 is 6.18 Å². The van der Waals surface area contributed by atoms with Crippen molar-refractivity contribution in [1.82, 2.24) is 4.90 Å². The molecule has 1 aliphatic heterocycles. The van der Waals surface area contributed by atoms with Crippen molar-refractivity contribution in [1.29, 1.82) is 0 Å². The average molecular weight is 240 g/mol. The summed E-state index contributed by atoms with van der Waals surface area (Å²) in [5, 5.41) is 0. The van der Waals surface area contributed by atoms with Crippen LogP contribution < -0.4 is 5.73 Å². The molecule has 0 saturated carbocycles. The summed E-state index contributed by atoms with van der Waals surface area (Å²) in [5.74, 6) is -1.20. The molecule has 16 heavy (non-hydrogen) atoms. The largest absolute Gasteiger partial charge is 0.393 e. The molecule has 1 saturated heterocycles. The Morgan fingerprint density at radius 1 is 1.50 bits per heavy atom. The number of halogens is 3. The van der Waals surface area contributed by atoms with Crippen molar-refractivity contribution >= 4 is 0 Å². The summed E-state index contributed by atoms with van der Waals surface area (Å²) >= 11 is 0. The van der Waals surface area contributed by atoms with E-state index in [4.69, 9.17) is 10.5 Å². The number of hydrogen-bond acceptors (Lipinski definition) is 3. The highest BCUT2D eigenvalue weighted by Gasteiger charge is 2.41. The maximum absolute atomic E-state index is 12.5. The molecule has 2 unspecified atom stereocenters. The van der Waals surface area contributed by atoms with Gasteiger partial charge in [-0.25, -0.2) is 0 Å². The lowest BCUT2D eigenvalue weighted by atomic mass is 9.97. The van der Waals surface area contributed by atoms with Gasteiger partial charge in [0.15, 0.2) is 0 Å². The van der Waals surface area contributed by atoms with Gasteiger partial charge in [-0.15, -0.1) is 0 Å². The standard InChI is InChI=1S/C10H19F3N2O/c1-16-7-9(14)6-15-4-2-3-8(5-15)10(11,12)13/h8-9H,2-7,14H2,1H3. The van der Waals surface area contributed by atoms with Crippen LogP contribution in [0, 0.1) is 5.92 Å². The lowest BCUT2D eigenvalue weighted by molar-refractivity contribution is -0.186. The molecule has 0 aliphatic carbocycles. The lowest BCUT2D eigenvalue weighted by Gasteiger charge is -2.34. The fourth-order valence-corrected chi connectivity index (χ4v) is 2.09. The van der Waals surface area contributed by atoms with Crippen molar-refractivity contribution in [3.05, 3.63) is 0 Å². The Morgan fingerprint density at radius 3 is 2.75 bits per heavy atom. The Bertz CT molecular complexity index is 211. The molecule has 0 amide bonds. The predicted octanol–water partition coefficient (Wildman–Crippen LogP) is 1.23. The molecular formula is C10H19F3N2O. The molecule has 96 valence electrons. The quantitative estimate of drug-likeness (QED) is 0.803. The molecule has 2 N–H and O–H groups in total. The van der Waals surface area contributed by atoms with Crippen LogP contribution in [0.15, 0.2) is 0 Å². The molecule has 0 aromatic heterocycles. The van der Waals surface area contributed by atoms with Crippen molar-refractivity contribution in [3.63, 3.8) is 0 Å². The molecule has 0 radical (unpaired) electrons. The van der Waals surface area contributed by atoms with Crippen LogP contribution in [0.3, 0.4) is 0 Å². The van der Waals surface area contributed by atoms with Gasteiger partial charge in [0.25, 0.3) is 0 Å². The second-order valence-corrected chi connectivity index (χ2v) is 4.36. The van der Waals surface area contributed by atoms with Crippen LogP contribution in [0.4, 0.5) is 13.2 Å². The number of nitrogens with zero attached hydrogens (tertiary/aromatic N) is 1. The Kier molecular flexibility index (Phi) is 5.01. The van der Waals surface area contributed by atoms with Gasteiger partial charge in [0.2, 0.25) is 0 Å². The van der Waals surface area contributed by atoms with E-state index >= 15 is 0 Å². The summed E-state index contributed by atoms with van der Waals surface area (Å²) in [4.78, 5) is 1.78. The molecule has 1 rings (SSSR count). The number of methoxy groups -OCH3 is 1. The molecule has 1 heterocycles. The fraction of sp³-hybridized carbons (Fsp3) is 1.00. The summed E-state index contributed by atoms with van der Waals surface area (Å²) in [6.07, 6.45) is -3.26. The Morgan fingerprint density at radius 2 is 2.19 bits per heavy atom. The monoisotopic (exact) mass is 240 g/mol. The Labute approximate surface area is 93.7 Å². The molecule has 3 nitrogen and oxygen atoms in total. The minimum absolute atomic E-state index is 0.0704. The Balaban J connectivity index is 2.39. The van der Waals surface area contributed by atoms with E-state index in [9.17, 15) is 13.2 Å². The third-order valence-electron chi connectivity index (χ3n) is 2.84. The van der Waals surface area contributed by atoms with Gasteiger partial charge in [-0.2, -0.15) is 13.2 Å². The first kappa shape index (κ1) is 13.7. The van der Waals surface area contributed by atoms with Crippen LogP contribution in [0.5, 0.6) is 0 Å². The van der Waals surface area contributed by atoms with E-state index < -0.39 is 12.1 Å². The normalized spacial score (nSPS) is 25.7. The van der Waals surface area contributed by atoms with Crippen molar-refractivity contribution in [2.24, 2.45) is 11.7 Å². The summed E-state index contributed by atoms with van der Waals surface area (Å²) in [7, 11) is 1.54. The predicted molar refractivity (Wildman–Crippen MR) is 55.1 cm³/mol. The number of ether oxygens (including phenoxy) is 1. The molecule has 6 heteroatoms. The van der Waals surface area contributed by atoms with Gasteiger partial charge in [-0.1, -0.05) is 0 Å². The van der Waals surface area contributed by atoms with Crippen molar-refractivity contribution < 1.29 is 17.9 Å². The number of hydrogen-bond donors (Lipinski definition) is 1. The zero-order valence-corrected chi connectivity index (χ0v) is 9.46. The highest BCUT2D eigenvalue weighted by atomic mass is 19.4. The summed E-state index contributed by atoms with van der Waals surface area (Å²) < 4.78 is 42.4. The van der Waals surface area contributed by atoms with Gasteiger partial charge in [-0.05, 0) is 19.4 Å². The first-order chi connectivity index (χ1) is 7.43. The summed E-state index contributed by atoms with van der Waals surface area (Å²) in [5.41, 5.74) is 5.72. The van der Waals surface area contributed by atoms with Gasteiger partial charge in [0.1, 0.15) is 0 Å². The zero-order valence-electron chi connectivity index (χ0n) is 9.46. The van der Waals surface area contributed by atoms with Gasteiger partial charge < -0.3 is 15.4 Å². The molecule has 0 spiro atoms. The number of alkyl halides is 3.